The molecule has 0 N–H and O–H groups in total. The molecule has 14 heavy (non-hydrogen) atoms. The highest BCUT2D eigenvalue weighted by Gasteiger charge is 2.12. The van der Waals surface area contributed by atoms with E-state index in [-0.39, 0.29) is 5.78 Å². The van der Waals surface area contributed by atoms with E-state index < -0.39 is 0 Å². The van der Waals surface area contributed by atoms with E-state index in [1.807, 2.05) is 0 Å². The van der Waals surface area contributed by atoms with Crippen molar-refractivity contribution < 1.29 is 14.3 Å². The Labute approximate surface area is 90.2 Å². The van der Waals surface area contributed by atoms with Crippen LogP contribution >= 0.6 is 15.9 Å². The third-order valence-corrected chi connectivity index (χ3v) is 2.43. The fourth-order valence-corrected chi connectivity index (χ4v) is 1.92. The highest BCUT2D eigenvalue weighted by Crippen LogP contribution is 2.26. The van der Waals surface area contributed by atoms with E-state index in [4.69, 9.17) is 4.74 Å². The van der Waals surface area contributed by atoms with Crippen molar-refractivity contribution in [1.82, 2.24) is 0 Å². The Balaban J connectivity index is 3.42. The molecular formula is C10H9BrO3. The maximum absolute atomic E-state index is 11.2. The summed E-state index contributed by atoms with van der Waals surface area (Å²) in [6.07, 6.45) is 0.643. The summed E-state index contributed by atoms with van der Waals surface area (Å²) in [5.41, 5.74) is 0.726. The molecule has 0 fully saturated rings. The first-order chi connectivity index (χ1) is 6.60. The number of carbonyl (C=O) groups excluding carboxylic acids is 2. The van der Waals surface area contributed by atoms with Gasteiger partial charge in [-0.1, -0.05) is 0 Å². The second-order valence-electron chi connectivity index (χ2n) is 2.75. The molecule has 0 saturated heterocycles. The van der Waals surface area contributed by atoms with E-state index in [1.165, 1.54) is 20.1 Å². The van der Waals surface area contributed by atoms with E-state index in [9.17, 15) is 9.59 Å². The van der Waals surface area contributed by atoms with Crippen LogP contribution in [0.5, 0.6) is 5.75 Å². The van der Waals surface area contributed by atoms with Crippen LogP contribution in [0.4, 0.5) is 0 Å². The molecule has 0 heterocycles. The summed E-state index contributed by atoms with van der Waals surface area (Å²) in [6, 6.07) is 3.19. The molecule has 74 valence electrons. The first-order valence-electron chi connectivity index (χ1n) is 3.93. The van der Waals surface area contributed by atoms with Crippen molar-refractivity contribution in [1.29, 1.82) is 0 Å². The highest BCUT2D eigenvalue weighted by atomic mass is 79.9. The second-order valence-corrected chi connectivity index (χ2v) is 3.60. The maximum atomic E-state index is 11.2. The van der Waals surface area contributed by atoms with Crippen LogP contribution in [0.15, 0.2) is 16.6 Å². The highest BCUT2D eigenvalue weighted by molar-refractivity contribution is 9.10. The molecule has 0 radical (unpaired) electrons. The van der Waals surface area contributed by atoms with Crippen LogP contribution in [0.1, 0.15) is 27.6 Å². The lowest BCUT2D eigenvalue weighted by atomic mass is 10.1. The zero-order chi connectivity index (χ0) is 10.7. The van der Waals surface area contributed by atoms with Crippen LogP contribution in [-0.4, -0.2) is 19.2 Å². The number of aldehydes is 1. The van der Waals surface area contributed by atoms with Gasteiger partial charge in [0, 0.05) is 15.6 Å². The Morgan fingerprint density at radius 1 is 1.50 bits per heavy atom. The van der Waals surface area contributed by atoms with E-state index in [0.717, 1.165) is 0 Å². The average molecular weight is 257 g/mol. The number of halogens is 1. The minimum atomic E-state index is -0.151. The molecule has 1 aromatic carbocycles. The summed E-state index contributed by atoms with van der Waals surface area (Å²) < 4.78 is 5.55. The molecule has 0 bridgehead atoms. The van der Waals surface area contributed by atoms with Gasteiger partial charge in [0.1, 0.15) is 5.75 Å². The molecule has 1 aromatic rings. The van der Waals surface area contributed by atoms with Crippen LogP contribution < -0.4 is 4.74 Å². The molecule has 3 nitrogen and oxygen atoms in total. The van der Waals surface area contributed by atoms with Gasteiger partial charge in [0.25, 0.3) is 0 Å². The molecule has 4 heteroatoms. The maximum Gasteiger partial charge on any atom is 0.161 e. The standard InChI is InChI=1S/C10H9BrO3/c1-6(13)10-7(5-12)3-8(14-2)4-9(10)11/h3-5H,1-2H3. The molecule has 0 aliphatic rings. The molecule has 0 saturated carbocycles. The second kappa shape index (κ2) is 4.37. The number of hydrogen-bond donors (Lipinski definition) is 0. The minimum Gasteiger partial charge on any atom is -0.497 e. The lowest BCUT2D eigenvalue weighted by molar-refractivity contribution is 0.100. The molecule has 0 unspecified atom stereocenters. The van der Waals surface area contributed by atoms with Gasteiger partial charge < -0.3 is 4.74 Å². The third-order valence-electron chi connectivity index (χ3n) is 1.81. The number of methoxy groups -OCH3 is 1. The fraction of sp³-hybridized carbons (Fsp3) is 0.200. The fourth-order valence-electron chi connectivity index (χ4n) is 1.18. The molecule has 0 aromatic heterocycles. The van der Waals surface area contributed by atoms with Crippen LogP contribution in [0.3, 0.4) is 0 Å². The lowest BCUT2D eigenvalue weighted by Crippen LogP contribution is -2.01. The number of ether oxygens (including phenoxy) is 1. The molecule has 0 aliphatic heterocycles. The van der Waals surface area contributed by atoms with Gasteiger partial charge >= 0.3 is 0 Å². The average Bonchev–Trinajstić information content (AvgIpc) is 2.15. The summed E-state index contributed by atoms with van der Waals surface area (Å²) in [5, 5.41) is 0. The zero-order valence-electron chi connectivity index (χ0n) is 7.83. The van der Waals surface area contributed by atoms with Crippen molar-refractivity contribution in [3.05, 3.63) is 27.7 Å². The summed E-state index contributed by atoms with van der Waals surface area (Å²) in [5.74, 6) is 0.394. The molecular weight excluding hydrogens is 248 g/mol. The zero-order valence-corrected chi connectivity index (χ0v) is 9.42. The Kier molecular flexibility index (Phi) is 3.41. The summed E-state index contributed by atoms with van der Waals surface area (Å²) >= 11 is 3.22. The Morgan fingerprint density at radius 3 is 2.57 bits per heavy atom. The molecule has 0 aliphatic carbocycles. The van der Waals surface area contributed by atoms with Crippen molar-refractivity contribution in [3.63, 3.8) is 0 Å². The summed E-state index contributed by atoms with van der Waals surface area (Å²) in [6.45, 7) is 1.42. The van der Waals surface area contributed by atoms with Crippen molar-refractivity contribution in [3.8, 4) is 5.75 Å². The van der Waals surface area contributed by atoms with Gasteiger partial charge in [-0.15, -0.1) is 0 Å². The molecule has 0 spiro atoms. The lowest BCUT2D eigenvalue weighted by Gasteiger charge is -2.06. The molecule has 0 amide bonds. The van der Waals surface area contributed by atoms with Gasteiger partial charge in [0.2, 0.25) is 0 Å². The van der Waals surface area contributed by atoms with Crippen LogP contribution in [-0.2, 0) is 0 Å². The first kappa shape index (κ1) is 10.9. The van der Waals surface area contributed by atoms with Gasteiger partial charge in [0.05, 0.1) is 7.11 Å². The number of ketones is 1. The van der Waals surface area contributed by atoms with Gasteiger partial charge in [-0.05, 0) is 35.0 Å². The minimum absolute atomic E-state index is 0.151. The summed E-state index contributed by atoms with van der Waals surface area (Å²) in [7, 11) is 1.50. The van der Waals surface area contributed by atoms with Gasteiger partial charge in [-0.3, -0.25) is 9.59 Å². The number of benzene rings is 1. The molecule has 0 atom stereocenters. The number of hydrogen-bond acceptors (Lipinski definition) is 3. The SMILES string of the molecule is COc1cc(Br)c(C(C)=O)c(C=O)c1. The predicted octanol–water partition coefficient (Wildman–Crippen LogP) is 2.47. The Bertz CT molecular complexity index is 385. The van der Waals surface area contributed by atoms with E-state index in [0.29, 0.717) is 27.6 Å². The number of Topliss-reactive ketones (excluding diaryl/α,β-unsaturated/α-hetero) is 1. The number of carbonyl (C=O) groups is 2. The predicted molar refractivity (Wildman–Crippen MR) is 56.1 cm³/mol. The number of rotatable bonds is 3. The molecule has 1 rings (SSSR count). The van der Waals surface area contributed by atoms with E-state index >= 15 is 0 Å². The normalized spacial score (nSPS) is 9.64. The van der Waals surface area contributed by atoms with Crippen LogP contribution in [0, 0.1) is 0 Å². The third kappa shape index (κ3) is 2.01. The Morgan fingerprint density at radius 2 is 2.14 bits per heavy atom. The smallest absolute Gasteiger partial charge is 0.161 e. The van der Waals surface area contributed by atoms with Crippen molar-refractivity contribution in [2.24, 2.45) is 0 Å². The van der Waals surface area contributed by atoms with Gasteiger partial charge in [-0.2, -0.15) is 0 Å². The first-order valence-corrected chi connectivity index (χ1v) is 4.73. The Hall–Kier alpha value is -1.16. The largest absolute Gasteiger partial charge is 0.497 e. The summed E-state index contributed by atoms with van der Waals surface area (Å²) in [4.78, 5) is 21.9. The van der Waals surface area contributed by atoms with Crippen molar-refractivity contribution in [2.45, 2.75) is 6.92 Å². The van der Waals surface area contributed by atoms with Crippen molar-refractivity contribution in [2.75, 3.05) is 7.11 Å². The van der Waals surface area contributed by atoms with Gasteiger partial charge in [0.15, 0.2) is 12.1 Å². The van der Waals surface area contributed by atoms with E-state index in [2.05, 4.69) is 15.9 Å². The van der Waals surface area contributed by atoms with Crippen LogP contribution in [0.25, 0.3) is 0 Å². The quantitative estimate of drug-likeness (QED) is 0.617. The topological polar surface area (TPSA) is 43.4 Å². The van der Waals surface area contributed by atoms with Crippen molar-refractivity contribution >= 4 is 28.0 Å². The van der Waals surface area contributed by atoms with Gasteiger partial charge in [-0.25, -0.2) is 0 Å². The monoisotopic (exact) mass is 256 g/mol. The van der Waals surface area contributed by atoms with Crippen LogP contribution in [0.2, 0.25) is 0 Å². The van der Waals surface area contributed by atoms with E-state index in [1.54, 1.807) is 6.07 Å².